The minimum Gasteiger partial charge on any atom is -0.376 e. The van der Waals surface area contributed by atoms with Gasteiger partial charge in [-0.3, -0.25) is 0 Å². The van der Waals surface area contributed by atoms with Gasteiger partial charge in [-0.25, -0.2) is 0 Å². The average Bonchev–Trinajstić information content (AvgIpc) is 2.62. The van der Waals surface area contributed by atoms with Gasteiger partial charge >= 0.3 is 0 Å². The molecule has 0 aromatic heterocycles. The molecule has 1 aliphatic heterocycles. The van der Waals surface area contributed by atoms with Gasteiger partial charge in [0.2, 0.25) is 0 Å². The van der Waals surface area contributed by atoms with Crippen molar-refractivity contribution in [3.63, 3.8) is 0 Å². The number of ether oxygens (including phenoxy) is 1. The van der Waals surface area contributed by atoms with Crippen molar-refractivity contribution in [2.75, 3.05) is 13.2 Å². The van der Waals surface area contributed by atoms with Crippen LogP contribution in [0.2, 0.25) is 0 Å². The topological polar surface area (TPSA) is 21.3 Å². The van der Waals surface area contributed by atoms with Crippen molar-refractivity contribution in [2.24, 2.45) is 28.6 Å². The summed E-state index contributed by atoms with van der Waals surface area (Å²) in [5.41, 5.74) is 0.883. The highest BCUT2D eigenvalue weighted by molar-refractivity contribution is 5.05. The van der Waals surface area contributed by atoms with E-state index in [2.05, 4.69) is 26.1 Å². The van der Waals surface area contributed by atoms with E-state index in [0.29, 0.717) is 23.0 Å². The van der Waals surface area contributed by atoms with Crippen LogP contribution in [0.25, 0.3) is 0 Å². The molecule has 1 N–H and O–H groups in total. The summed E-state index contributed by atoms with van der Waals surface area (Å²) in [6.45, 7) is 9.12. The van der Waals surface area contributed by atoms with Crippen LogP contribution in [0.3, 0.4) is 0 Å². The Morgan fingerprint density at radius 1 is 0.952 bits per heavy atom. The molecule has 0 spiro atoms. The maximum absolute atomic E-state index is 6.45. The highest BCUT2D eigenvalue weighted by atomic mass is 16.5. The third-order valence-electron chi connectivity index (χ3n) is 7.09. The summed E-state index contributed by atoms with van der Waals surface area (Å²) in [4.78, 5) is 0. The van der Waals surface area contributed by atoms with Crippen LogP contribution in [0.1, 0.15) is 65.7 Å². The normalized spacial score (nSPS) is 50.1. The van der Waals surface area contributed by atoms with E-state index in [1.54, 1.807) is 0 Å². The molecule has 0 amide bonds. The first-order valence-corrected chi connectivity index (χ1v) is 9.30. The van der Waals surface area contributed by atoms with Gasteiger partial charge in [-0.2, -0.15) is 0 Å². The Labute approximate surface area is 130 Å². The maximum Gasteiger partial charge on any atom is 0.0755 e. The zero-order chi connectivity index (χ0) is 14.7. The molecule has 5 aliphatic rings. The van der Waals surface area contributed by atoms with Crippen molar-refractivity contribution < 1.29 is 4.74 Å². The minimum atomic E-state index is 0.347. The first-order valence-electron chi connectivity index (χ1n) is 9.30. The lowest BCUT2D eigenvalue weighted by molar-refractivity contribution is -0.136. The molecule has 1 saturated heterocycles. The van der Waals surface area contributed by atoms with E-state index < -0.39 is 0 Å². The molecular weight excluding hydrogens is 258 g/mol. The first-order chi connectivity index (χ1) is 9.95. The number of hydrogen-bond acceptors (Lipinski definition) is 2. The monoisotopic (exact) mass is 291 g/mol. The average molecular weight is 291 g/mol. The van der Waals surface area contributed by atoms with Crippen LogP contribution in [0.4, 0.5) is 0 Å². The quantitative estimate of drug-likeness (QED) is 0.788. The van der Waals surface area contributed by atoms with Gasteiger partial charge < -0.3 is 10.1 Å². The van der Waals surface area contributed by atoms with Crippen LogP contribution in [0, 0.1) is 28.6 Å². The highest BCUT2D eigenvalue weighted by Crippen LogP contribution is 2.61. The highest BCUT2D eigenvalue weighted by Gasteiger charge is 2.54. The van der Waals surface area contributed by atoms with E-state index in [4.69, 9.17) is 4.74 Å². The van der Waals surface area contributed by atoms with Crippen LogP contribution in [0.15, 0.2) is 0 Å². The zero-order valence-electron chi connectivity index (χ0n) is 14.2. The predicted molar refractivity (Wildman–Crippen MR) is 86.2 cm³/mol. The first kappa shape index (κ1) is 14.5. The third kappa shape index (κ3) is 2.57. The van der Waals surface area contributed by atoms with E-state index in [1.165, 1.54) is 44.9 Å². The molecule has 0 radical (unpaired) electrons. The molecular formula is C19H33NO. The molecule has 2 nitrogen and oxygen atoms in total. The Kier molecular flexibility index (Phi) is 3.43. The summed E-state index contributed by atoms with van der Waals surface area (Å²) in [5, 5.41) is 3.87. The Morgan fingerprint density at radius 3 is 2.05 bits per heavy atom. The van der Waals surface area contributed by atoms with Gasteiger partial charge in [0.15, 0.2) is 0 Å². The lowest BCUT2D eigenvalue weighted by Gasteiger charge is -2.59. The Hall–Kier alpha value is -0.0800. The molecule has 1 heterocycles. The van der Waals surface area contributed by atoms with Gasteiger partial charge in [-0.15, -0.1) is 0 Å². The van der Waals surface area contributed by atoms with Crippen molar-refractivity contribution in [1.29, 1.82) is 0 Å². The van der Waals surface area contributed by atoms with Crippen molar-refractivity contribution >= 4 is 0 Å². The minimum absolute atomic E-state index is 0.347. The van der Waals surface area contributed by atoms with Gasteiger partial charge in [-0.1, -0.05) is 20.8 Å². The van der Waals surface area contributed by atoms with E-state index in [1.807, 2.05) is 0 Å². The summed E-state index contributed by atoms with van der Waals surface area (Å²) < 4.78 is 6.45. The molecule has 21 heavy (non-hydrogen) atoms. The Balaban J connectivity index is 1.49. The second kappa shape index (κ2) is 4.96. The molecule has 0 aromatic carbocycles. The molecule has 120 valence electrons. The Bertz CT molecular complexity index is 362. The second-order valence-corrected chi connectivity index (χ2v) is 9.75. The van der Waals surface area contributed by atoms with Gasteiger partial charge in [-0.05, 0) is 73.5 Å². The van der Waals surface area contributed by atoms with Crippen molar-refractivity contribution in [2.45, 2.75) is 77.9 Å². The van der Waals surface area contributed by atoms with E-state index in [-0.39, 0.29) is 0 Å². The maximum atomic E-state index is 6.45. The number of rotatable bonds is 1. The van der Waals surface area contributed by atoms with E-state index in [9.17, 15) is 0 Å². The van der Waals surface area contributed by atoms with Gasteiger partial charge in [0.25, 0.3) is 0 Å². The molecule has 0 aromatic rings. The fourth-order valence-corrected chi connectivity index (χ4v) is 6.44. The van der Waals surface area contributed by atoms with E-state index >= 15 is 0 Å². The van der Waals surface area contributed by atoms with Crippen LogP contribution >= 0.6 is 0 Å². The number of hydrogen-bond donors (Lipinski definition) is 1. The predicted octanol–water partition coefficient (Wildman–Crippen LogP) is 4.00. The van der Waals surface area contributed by atoms with Gasteiger partial charge in [0.05, 0.1) is 6.10 Å². The van der Waals surface area contributed by atoms with Gasteiger partial charge in [0, 0.05) is 19.2 Å². The molecule has 4 saturated carbocycles. The fraction of sp³-hybridized carbons (Fsp3) is 1.00. The largest absolute Gasteiger partial charge is 0.376 e. The third-order valence-corrected chi connectivity index (χ3v) is 7.09. The number of nitrogens with one attached hydrogen (secondary N) is 1. The van der Waals surface area contributed by atoms with Crippen LogP contribution in [-0.2, 0) is 4.74 Å². The molecule has 4 bridgehead atoms. The van der Waals surface area contributed by atoms with Crippen LogP contribution in [0.5, 0.6) is 0 Å². The second-order valence-electron chi connectivity index (χ2n) is 9.75. The van der Waals surface area contributed by atoms with Crippen molar-refractivity contribution in [3.8, 4) is 0 Å². The summed E-state index contributed by atoms with van der Waals surface area (Å²) in [5.74, 6) is 3.09. The summed E-state index contributed by atoms with van der Waals surface area (Å²) in [7, 11) is 0. The van der Waals surface area contributed by atoms with Crippen LogP contribution < -0.4 is 5.32 Å². The molecule has 2 heteroatoms. The molecule has 5 rings (SSSR count). The van der Waals surface area contributed by atoms with Crippen LogP contribution in [-0.4, -0.2) is 25.3 Å². The summed E-state index contributed by atoms with van der Waals surface area (Å²) in [6.07, 6.45) is 10.6. The lowest BCUT2D eigenvalue weighted by Crippen LogP contribution is -2.55. The van der Waals surface area contributed by atoms with Crippen molar-refractivity contribution in [1.82, 2.24) is 5.32 Å². The molecule has 2 unspecified atom stereocenters. The van der Waals surface area contributed by atoms with Crippen molar-refractivity contribution in [3.05, 3.63) is 0 Å². The van der Waals surface area contributed by atoms with Gasteiger partial charge in [0.1, 0.15) is 0 Å². The van der Waals surface area contributed by atoms with E-state index in [0.717, 1.165) is 30.9 Å². The standard InChI is InChI=1S/C19H33NO/c1-18(2,3)16-4-5-21-17(12-20-16)19-9-13-6-14(10-19)8-15(7-13)11-19/h13-17,20H,4-12H2,1-3H3. The smallest absolute Gasteiger partial charge is 0.0755 e. The molecule has 4 aliphatic carbocycles. The summed E-state index contributed by atoms with van der Waals surface area (Å²) in [6, 6.07) is 0.608. The molecule has 5 fully saturated rings. The summed E-state index contributed by atoms with van der Waals surface area (Å²) >= 11 is 0. The zero-order valence-corrected chi connectivity index (χ0v) is 14.2. The fourth-order valence-electron chi connectivity index (χ4n) is 6.44. The SMILES string of the molecule is CC(C)(C)C1CCOC(C23CC4CC(CC(C4)C2)C3)CN1. The lowest BCUT2D eigenvalue weighted by atomic mass is 9.48. The molecule has 2 atom stereocenters. The Morgan fingerprint density at radius 2 is 1.52 bits per heavy atom.